The van der Waals surface area contributed by atoms with E-state index in [9.17, 15) is 9.59 Å². The molecular weight excluding hydrogens is 445 g/mol. The molecule has 0 bridgehead atoms. The summed E-state index contributed by atoms with van der Waals surface area (Å²) in [7, 11) is 0. The number of carbonyl (C=O) groups excluding carboxylic acids is 2. The molecule has 0 spiro atoms. The van der Waals surface area contributed by atoms with Gasteiger partial charge in [-0.1, -0.05) is 24.3 Å². The maximum Gasteiger partial charge on any atom is 0.259 e. The van der Waals surface area contributed by atoms with Crippen LogP contribution in [0.2, 0.25) is 0 Å². The Morgan fingerprint density at radius 3 is 2.58 bits per heavy atom. The van der Waals surface area contributed by atoms with Gasteiger partial charge in [-0.25, -0.2) is 4.39 Å². The van der Waals surface area contributed by atoms with Crippen LogP contribution in [0.25, 0.3) is 22.0 Å². The molecule has 1 saturated heterocycles. The molecule has 8 heteroatoms. The first-order valence-corrected chi connectivity index (χ1v) is 11.0. The Morgan fingerprint density at radius 1 is 1.00 bits per heavy atom. The van der Waals surface area contributed by atoms with E-state index >= 15 is 4.39 Å². The first kappa shape index (κ1) is 21.7. The second-order valence-corrected chi connectivity index (χ2v) is 8.49. The van der Waals surface area contributed by atoms with E-state index in [0.717, 1.165) is 42.4 Å². The Morgan fingerprint density at radius 2 is 1.76 bits per heavy atom. The summed E-state index contributed by atoms with van der Waals surface area (Å²) < 4.78 is 23.0. The van der Waals surface area contributed by atoms with Crippen LogP contribution in [0.1, 0.15) is 35.6 Å². The van der Waals surface area contributed by atoms with Gasteiger partial charge in [-0.05, 0) is 43.6 Å². The summed E-state index contributed by atoms with van der Waals surface area (Å²) in [6.07, 6.45) is 4.56. The van der Waals surface area contributed by atoms with Crippen LogP contribution in [0.5, 0.6) is 5.75 Å². The van der Waals surface area contributed by atoms with Gasteiger partial charge in [-0.15, -0.1) is 12.4 Å². The van der Waals surface area contributed by atoms with Crippen molar-refractivity contribution in [2.75, 3.05) is 19.7 Å². The van der Waals surface area contributed by atoms with Gasteiger partial charge in [-0.2, -0.15) is 0 Å². The van der Waals surface area contributed by atoms with E-state index in [1.54, 1.807) is 6.07 Å². The lowest BCUT2D eigenvalue weighted by atomic mass is 9.93. The number of benzene rings is 2. The van der Waals surface area contributed by atoms with Crippen LogP contribution in [-0.2, 0) is 16.0 Å². The Kier molecular flexibility index (Phi) is 5.46. The number of halogens is 2. The molecule has 0 aliphatic carbocycles. The minimum Gasteiger partial charge on any atom is -0.492 e. The van der Waals surface area contributed by atoms with Crippen molar-refractivity contribution < 1.29 is 18.7 Å². The number of imide groups is 1. The number of aromatic nitrogens is 1. The van der Waals surface area contributed by atoms with E-state index in [2.05, 4.69) is 15.2 Å². The number of nitrogens with one attached hydrogen (secondary N) is 2. The molecule has 0 radical (unpaired) electrons. The lowest BCUT2D eigenvalue weighted by Crippen LogP contribution is -2.29. The lowest BCUT2D eigenvalue weighted by Gasteiger charge is -2.25. The second kappa shape index (κ2) is 8.32. The Hall–Kier alpha value is -3.16. The molecule has 0 saturated carbocycles. The summed E-state index contributed by atoms with van der Waals surface area (Å²) in [5.74, 6) is -1.30. The van der Waals surface area contributed by atoms with Crippen LogP contribution < -0.4 is 15.4 Å². The van der Waals surface area contributed by atoms with Gasteiger partial charge in [0.25, 0.3) is 11.8 Å². The molecule has 6 nitrogen and oxygen atoms in total. The van der Waals surface area contributed by atoms with Crippen LogP contribution in [0, 0.1) is 5.82 Å². The third-order valence-corrected chi connectivity index (χ3v) is 6.70. The number of fused-ring (bicyclic) bond motifs is 2. The van der Waals surface area contributed by atoms with E-state index in [1.807, 2.05) is 30.5 Å². The summed E-state index contributed by atoms with van der Waals surface area (Å²) in [5, 5.41) is 6.64. The maximum absolute atomic E-state index is 15.1. The quantitative estimate of drug-likeness (QED) is 0.577. The molecular formula is C25H23ClFN3O3. The number of hydrogen-bond donors (Lipinski definition) is 2. The van der Waals surface area contributed by atoms with Crippen molar-refractivity contribution in [3.63, 3.8) is 0 Å². The van der Waals surface area contributed by atoms with E-state index in [1.165, 1.54) is 6.07 Å². The number of carbonyl (C=O) groups is 2. The predicted molar refractivity (Wildman–Crippen MR) is 126 cm³/mol. The van der Waals surface area contributed by atoms with Crippen molar-refractivity contribution in [2.45, 2.75) is 25.3 Å². The highest BCUT2D eigenvalue weighted by atomic mass is 35.5. The molecule has 0 unspecified atom stereocenters. The molecule has 3 aliphatic rings. The number of ether oxygens (including phenoxy) is 1. The van der Waals surface area contributed by atoms with Gasteiger partial charge >= 0.3 is 0 Å². The minimum atomic E-state index is -0.591. The van der Waals surface area contributed by atoms with Crippen LogP contribution >= 0.6 is 12.4 Å². The van der Waals surface area contributed by atoms with Gasteiger partial charge in [0.1, 0.15) is 11.6 Å². The lowest BCUT2D eigenvalue weighted by molar-refractivity contribution is -0.122. The fourth-order valence-corrected chi connectivity index (χ4v) is 5.20. The second-order valence-electron chi connectivity index (χ2n) is 8.49. The Bertz CT molecular complexity index is 1320. The average Bonchev–Trinajstić information content (AvgIpc) is 3.50. The van der Waals surface area contributed by atoms with Gasteiger partial charge in [0.05, 0.1) is 23.3 Å². The maximum atomic E-state index is 15.1. The summed E-state index contributed by atoms with van der Waals surface area (Å²) in [5.41, 5.74) is 2.84. The Labute approximate surface area is 196 Å². The van der Waals surface area contributed by atoms with Gasteiger partial charge in [0.2, 0.25) is 0 Å². The monoisotopic (exact) mass is 467 g/mol. The zero-order valence-electron chi connectivity index (χ0n) is 17.8. The zero-order valence-corrected chi connectivity index (χ0v) is 18.6. The average molecular weight is 468 g/mol. The first-order chi connectivity index (χ1) is 15.6. The number of nitrogens with zero attached hydrogens (tertiary/aromatic N) is 1. The smallest absolute Gasteiger partial charge is 0.259 e. The van der Waals surface area contributed by atoms with E-state index in [0.29, 0.717) is 30.4 Å². The first-order valence-electron chi connectivity index (χ1n) is 11.0. The molecule has 6 rings (SSSR count). The zero-order chi connectivity index (χ0) is 21.8. The number of piperidine rings is 1. The minimum absolute atomic E-state index is 0. The van der Waals surface area contributed by atoms with Crippen molar-refractivity contribution in [1.82, 2.24) is 15.2 Å². The summed E-state index contributed by atoms with van der Waals surface area (Å²) in [6, 6.07) is 11.2. The van der Waals surface area contributed by atoms with E-state index in [4.69, 9.17) is 4.74 Å². The van der Waals surface area contributed by atoms with Gasteiger partial charge < -0.3 is 14.6 Å². The molecule has 2 amide bonds. The molecule has 0 atom stereocenters. The summed E-state index contributed by atoms with van der Waals surface area (Å²) in [6.45, 7) is 2.29. The van der Waals surface area contributed by atoms with Crippen molar-refractivity contribution >= 4 is 46.3 Å². The van der Waals surface area contributed by atoms with E-state index in [-0.39, 0.29) is 29.1 Å². The van der Waals surface area contributed by atoms with Gasteiger partial charge in [-0.3, -0.25) is 14.9 Å². The number of amides is 2. The van der Waals surface area contributed by atoms with Gasteiger partial charge in [0.15, 0.2) is 0 Å². The Balaban J connectivity index is 0.00000228. The number of hydrogen-bond acceptors (Lipinski definition) is 4. The fraction of sp³-hybridized carbons (Fsp3) is 0.280. The predicted octanol–water partition coefficient (Wildman–Crippen LogP) is 3.63. The van der Waals surface area contributed by atoms with Crippen molar-refractivity contribution in [2.24, 2.45) is 0 Å². The molecule has 1 fully saturated rings. The molecule has 2 N–H and O–H groups in total. The number of rotatable bonds is 3. The SMILES string of the molecule is Cl.O=C1NC(=O)C(c2cn(C3CCNCC3)c3ccccc23)=C1c1c(F)ccc2c1OCC2. The molecule has 1 aromatic heterocycles. The normalized spacial score (nSPS) is 18.3. The van der Waals surface area contributed by atoms with Crippen molar-refractivity contribution in [3.05, 3.63) is 65.1 Å². The molecule has 4 heterocycles. The highest BCUT2D eigenvalue weighted by molar-refractivity contribution is 6.50. The molecule has 170 valence electrons. The van der Waals surface area contributed by atoms with Crippen LogP contribution in [0.3, 0.4) is 0 Å². The third-order valence-electron chi connectivity index (χ3n) is 6.70. The highest BCUT2D eigenvalue weighted by Crippen LogP contribution is 2.43. The summed E-state index contributed by atoms with van der Waals surface area (Å²) >= 11 is 0. The molecule has 33 heavy (non-hydrogen) atoms. The fourth-order valence-electron chi connectivity index (χ4n) is 5.20. The number of para-hydroxylation sites is 1. The molecule has 3 aromatic rings. The highest BCUT2D eigenvalue weighted by Gasteiger charge is 2.38. The largest absolute Gasteiger partial charge is 0.492 e. The van der Waals surface area contributed by atoms with Crippen LogP contribution in [-0.4, -0.2) is 36.1 Å². The van der Waals surface area contributed by atoms with Crippen LogP contribution in [0.15, 0.2) is 42.6 Å². The standard InChI is InChI=1S/C25H22FN3O3.ClH/c26-18-6-5-14-9-12-32-23(14)21(18)22-20(24(30)28-25(22)31)17-13-29(15-7-10-27-11-8-15)19-4-2-1-3-16(17)19;/h1-6,13,15,27H,7-12H2,(H,28,30,31);1H. The van der Waals surface area contributed by atoms with Crippen molar-refractivity contribution in [1.29, 1.82) is 0 Å². The topological polar surface area (TPSA) is 72.4 Å². The summed E-state index contributed by atoms with van der Waals surface area (Å²) in [4.78, 5) is 26.0. The van der Waals surface area contributed by atoms with Crippen molar-refractivity contribution in [3.8, 4) is 5.75 Å². The van der Waals surface area contributed by atoms with Crippen LogP contribution in [0.4, 0.5) is 4.39 Å². The molecule has 2 aromatic carbocycles. The molecule has 3 aliphatic heterocycles. The van der Waals surface area contributed by atoms with E-state index < -0.39 is 17.6 Å². The van der Waals surface area contributed by atoms with Gasteiger partial charge in [0, 0.05) is 35.1 Å². The third kappa shape index (κ3) is 3.34.